The van der Waals surface area contributed by atoms with Crippen LogP contribution in [0.5, 0.6) is 11.5 Å². The van der Waals surface area contributed by atoms with Crippen molar-refractivity contribution in [3.63, 3.8) is 0 Å². The Balaban J connectivity index is 2.09. The van der Waals surface area contributed by atoms with E-state index in [9.17, 15) is 8.42 Å². The van der Waals surface area contributed by atoms with Gasteiger partial charge in [-0.05, 0) is 37.1 Å². The zero-order valence-electron chi connectivity index (χ0n) is 13.5. The van der Waals surface area contributed by atoms with Gasteiger partial charge in [-0.25, -0.2) is 13.1 Å². The van der Waals surface area contributed by atoms with Crippen LogP contribution in [0.4, 0.5) is 0 Å². The molecule has 0 unspecified atom stereocenters. The van der Waals surface area contributed by atoms with E-state index in [0.717, 1.165) is 22.6 Å². The van der Waals surface area contributed by atoms with E-state index in [1.54, 1.807) is 44.6 Å². The van der Waals surface area contributed by atoms with Gasteiger partial charge >= 0.3 is 0 Å². The molecule has 0 saturated carbocycles. The predicted molar refractivity (Wildman–Crippen MR) is 89.6 cm³/mol. The Hall–Kier alpha value is -2.05. The van der Waals surface area contributed by atoms with E-state index < -0.39 is 10.0 Å². The molecule has 0 aromatic heterocycles. The van der Waals surface area contributed by atoms with Crippen LogP contribution in [-0.2, 0) is 16.4 Å². The third kappa shape index (κ3) is 4.03. The van der Waals surface area contributed by atoms with Crippen LogP contribution >= 0.6 is 0 Å². The highest BCUT2D eigenvalue weighted by Gasteiger charge is 2.14. The first-order valence-corrected chi connectivity index (χ1v) is 8.73. The molecule has 0 heterocycles. The fourth-order valence-corrected chi connectivity index (χ4v) is 3.49. The third-order valence-electron chi connectivity index (χ3n) is 3.60. The standard InChI is InChI=1S/C17H21NO4S/c1-13-16(21-2)10-9-14(17(13)22-3)11-12-18-23(19,20)15-7-5-4-6-8-15/h4-10,18H,11-12H2,1-3H3. The number of nitrogens with one attached hydrogen (secondary N) is 1. The maximum absolute atomic E-state index is 12.2. The molecule has 2 rings (SSSR count). The lowest BCUT2D eigenvalue weighted by Gasteiger charge is -2.14. The van der Waals surface area contributed by atoms with E-state index in [-0.39, 0.29) is 4.90 Å². The minimum Gasteiger partial charge on any atom is -0.496 e. The number of benzene rings is 2. The van der Waals surface area contributed by atoms with Crippen molar-refractivity contribution in [2.75, 3.05) is 20.8 Å². The van der Waals surface area contributed by atoms with Crippen LogP contribution in [0.2, 0.25) is 0 Å². The normalized spacial score (nSPS) is 11.3. The summed E-state index contributed by atoms with van der Waals surface area (Å²) in [6.07, 6.45) is 0.528. The van der Waals surface area contributed by atoms with Crippen LogP contribution in [0.15, 0.2) is 47.4 Å². The molecular formula is C17H21NO4S. The van der Waals surface area contributed by atoms with Crippen LogP contribution in [-0.4, -0.2) is 29.2 Å². The van der Waals surface area contributed by atoms with E-state index in [1.165, 1.54) is 0 Å². The fourth-order valence-electron chi connectivity index (χ4n) is 2.43. The van der Waals surface area contributed by atoms with Gasteiger partial charge in [-0.3, -0.25) is 0 Å². The summed E-state index contributed by atoms with van der Waals surface area (Å²) in [5.74, 6) is 1.47. The van der Waals surface area contributed by atoms with E-state index in [1.807, 2.05) is 19.1 Å². The van der Waals surface area contributed by atoms with Gasteiger partial charge in [0.25, 0.3) is 0 Å². The van der Waals surface area contributed by atoms with Gasteiger partial charge < -0.3 is 9.47 Å². The predicted octanol–water partition coefficient (Wildman–Crippen LogP) is 2.53. The summed E-state index contributed by atoms with van der Waals surface area (Å²) in [6.45, 7) is 2.20. The van der Waals surface area contributed by atoms with E-state index in [0.29, 0.717) is 13.0 Å². The molecule has 0 fully saturated rings. The molecule has 0 aliphatic carbocycles. The second-order valence-electron chi connectivity index (χ2n) is 5.05. The first-order valence-electron chi connectivity index (χ1n) is 7.24. The topological polar surface area (TPSA) is 64.6 Å². The Morgan fingerprint density at radius 3 is 2.30 bits per heavy atom. The highest BCUT2D eigenvalue weighted by Crippen LogP contribution is 2.31. The number of sulfonamides is 1. The average molecular weight is 335 g/mol. The molecule has 0 aliphatic heterocycles. The number of hydrogen-bond acceptors (Lipinski definition) is 4. The van der Waals surface area contributed by atoms with Gasteiger partial charge in [0.15, 0.2) is 0 Å². The first kappa shape index (κ1) is 17.3. The SMILES string of the molecule is COc1ccc(CCNS(=O)(=O)c2ccccc2)c(OC)c1C. The lowest BCUT2D eigenvalue weighted by Crippen LogP contribution is -2.26. The smallest absolute Gasteiger partial charge is 0.240 e. The molecule has 2 aromatic carbocycles. The van der Waals surface area contributed by atoms with Crippen LogP contribution in [0, 0.1) is 6.92 Å². The molecule has 1 N–H and O–H groups in total. The Labute approximate surface area is 137 Å². The fraction of sp³-hybridized carbons (Fsp3) is 0.294. The summed E-state index contributed by atoms with van der Waals surface area (Å²) in [5, 5.41) is 0. The Bertz CT molecular complexity index is 758. The van der Waals surface area contributed by atoms with Gasteiger partial charge in [0.1, 0.15) is 11.5 Å². The van der Waals surface area contributed by atoms with Crippen LogP contribution in [0.25, 0.3) is 0 Å². The van der Waals surface area contributed by atoms with Gasteiger partial charge in [-0.15, -0.1) is 0 Å². The molecule has 0 saturated heterocycles. The minimum atomic E-state index is -3.49. The van der Waals surface area contributed by atoms with Crippen molar-refractivity contribution < 1.29 is 17.9 Å². The summed E-state index contributed by atoms with van der Waals surface area (Å²) in [6, 6.07) is 12.1. The molecule has 23 heavy (non-hydrogen) atoms. The Morgan fingerprint density at radius 2 is 1.70 bits per heavy atom. The van der Waals surface area contributed by atoms with Crippen molar-refractivity contribution in [3.8, 4) is 11.5 Å². The van der Waals surface area contributed by atoms with Crippen molar-refractivity contribution >= 4 is 10.0 Å². The molecule has 5 nitrogen and oxygen atoms in total. The number of hydrogen-bond donors (Lipinski definition) is 1. The summed E-state index contributed by atoms with van der Waals surface area (Å²) >= 11 is 0. The molecular weight excluding hydrogens is 314 g/mol. The second-order valence-corrected chi connectivity index (χ2v) is 6.81. The summed E-state index contributed by atoms with van der Waals surface area (Å²) < 4.78 is 37.7. The average Bonchev–Trinajstić information content (AvgIpc) is 2.56. The van der Waals surface area contributed by atoms with Gasteiger partial charge in [0.2, 0.25) is 10.0 Å². The molecule has 0 spiro atoms. The summed E-state index contributed by atoms with van der Waals surface area (Å²) in [7, 11) is -0.285. The summed E-state index contributed by atoms with van der Waals surface area (Å²) in [4.78, 5) is 0.262. The van der Waals surface area contributed by atoms with Crippen LogP contribution in [0.1, 0.15) is 11.1 Å². The third-order valence-corrected chi connectivity index (χ3v) is 5.08. The summed E-state index contributed by atoms with van der Waals surface area (Å²) in [5.41, 5.74) is 1.83. The number of ether oxygens (including phenoxy) is 2. The van der Waals surface area contributed by atoms with Crippen molar-refractivity contribution in [1.82, 2.24) is 4.72 Å². The molecule has 0 amide bonds. The van der Waals surface area contributed by atoms with Crippen molar-refractivity contribution in [3.05, 3.63) is 53.6 Å². The highest BCUT2D eigenvalue weighted by atomic mass is 32.2. The number of rotatable bonds is 7. The first-order chi connectivity index (χ1) is 11.0. The zero-order chi connectivity index (χ0) is 16.9. The van der Waals surface area contributed by atoms with Crippen molar-refractivity contribution in [1.29, 1.82) is 0 Å². The molecule has 0 aliphatic rings. The van der Waals surface area contributed by atoms with Gasteiger partial charge in [0, 0.05) is 12.1 Å². The Kier molecular flexibility index (Phi) is 5.63. The monoisotopic (exact) mass is 335 g/mol. The lowest BCUT2D eigenvalue weighted by atomic mass is 10.1. The molecule has 2 aromatic rings. The maximum atomic E-state index is 12.2. The molecule has 124 valence electrons. The lowest BCUT2D eigenvalue weighted by molar-refractivity contribution is 0.385. The maximum Gasteiger partial charge on any atom is 0.240 e. The van der Waals surface area contributed by atoms with E-state index in [4.69, 9.17) is 9.47 Å². The van der Waals surface area contributed by atoms with Gasteiger partial charge in [0.05, 0.1) is 19.1 Å². The largest absolute Gasteiger partial charge is 0.496 e. The number of methoxy groups -OCH3 is 2. The zero-order valence-corrected chi connectivity index (χ0v) is 14.3. The van der Waals surface area contributed by atoms with E-state index >= 15 is 0 Å². The van der Waals surface area contributed by atoms with Crippen LogP contribution in [0.3, 0.4) is 0 Å². The molecule has 6 heteroatoms. The minimum absolute atomic E-state index is 0.262. The highest BCUT2D eigenvalue weighted by molar-refractivity contribution is 7.89. The van der Waals surface area contributed by atoms with Crippen molar-refractivity contribution in [2.45, 2.75) is 18.2 Å². The quantitative estimate of drug-likeness (QED) is 0.844. The molecule has 0 radical (unpaired) electrons. The van der Waals surface area contributed by atoms with Crippen LogP contribution < -0.4 is 14.2 Å². The molecule has 0 bridgehead atoms. The van der Waals surface area contributed by atoms with Crippen molar-refractivity contribution in [2.24, 2.45) is 0 Å². The van der Waals surface area contributed by atoms with Gasteiger partial charge in [-0.2, -0.15) is 0 Å². The molecule has 0 atom stereocenters. The van der Waals surface area contributed by atoms with Gasteiger partial charge in [-0.1, -0.05) is 24.3 Å². The van der Waals surface area contributed by atoms with E-state index in [2.05, 4.69) is 4.72 Å². The second kappa shape index (κ2) is 7.48. The Morgan fingerprint density at radius 1 is 1.00 bits per heavy atom.